The number of fused-ring (bicyclic) bond motifs is 1. The largest absolute Gasteiger partial charge is 0.493 e. The molecule has 6 nitrogen and oxygen atoms in total. The Bertz CT molecular complexity index is 1050. The molecule has 0 radical (unpaired) electrons. The van der Waals surface area contributed by atoms with E-state index in [4.69, 9.17) is 8.92 Å². The number of aromatic nitrogens is 1. The molecule has 0 fully saturated rings. The van der Waals surface area contributed by atoms with E-state index in [0.717, 1.165) is 6.07 Å². The Hall–Kier alpha value is -2.62. The van der Waals surface area contributed by atoms with E-state index in [2.05, 4.69) is 4.98 Å². The second-order valence-electron chi connectivity index (χ2n) is 6.55. The highest BCUT2D eigenvalue weighted by molar-refractivity contribution is 7.87. The van der Waals surface area contributed by atoms with E-state index in [1.165, 1.54) is 38.4 Å². The molecule has 0 saturated heterocycles. The molecule has 1 unspecified atom stereocenters. The second kappa shape index (κ2) is 7.66. The van der Waals surface area contributed by atoms with Crippen LogP contribution in [-0.4, -0.2) is 32.0 Å². The molecule has 156 valence electrons. The third kappa shape index (κ3) is 4.36. The molecule has 0 amide bonds. The van der Waals surface area contributed by atoms with Gasteiger partial charge in [0.15, 0.2) is 17.3 Å². The van der Waals surface area contributed by atoms with Crippen LogP contribution in [0.3, 0.4) is 0 Å². The van der Waals surface area contributed by atoms with Gasteiger partial charge in [0.2, 0.25) is 0 Å². The summed E-state index contributed by atoms with van der Waals surface area (Å²) in [5.74, 6) is -1.41. The number of hydrogen-bond donors (Lipinski definition) is 0. The van der Waals surface area contributed by atoms with Crippen molar-refractivity contribution in [1.82, 2.24) is 4.98 Å². The minimum atomic E-state index is -4.57. The first kappa shape index (κ1) is 21.1. The zero-order valence-corrected chi connectivity index (χ0v) is 16.4. The number of carbonyl (C=O) groups excluding carboxylic acids is 1. The van der Waals surface area contributed by atoms with Crippen molar-refractivity contribution in [2.75, 3.05) is 12.9 Å². The van der Waals surface area contributed by atoms with E-state index >= 15 is 0 Å². The number of carbonyl (C=O) groups is 1. The van der Waals surface area contributed by atoms with Crippen molar-refractivity contribution in [2.24, 2.45) is 5.92 Å². The molecule has 1 heterocycles. The van der Waals surface area contributed by atoms with Gasteiger partial charge in [0.05, 0.1) is 24.1 Å². The number of ketones is 1. The Kier molecular flexibility index (Phi) is 5.57. The van der Waals surface area contributed by atoms with Crippen LogP contribution < -0.4 is 8.92 Å². The van der Waals surface area contributed by atoms with Crippen molar-refractivity contribution < 1.29 is 35.3 Å². The number of rotatable bonds is 6. The van der Waals surface area contributed by atoms with Crippen LogP contribution in [0.2, 0.25) is 0 Å². The molecule has 0 aliphatic heterocycles. The lowest BCUT2D eigenvalue weighted by Crippen LogP contribution is -2.17. The molecule has 3 rings (SSSR count). The molecule has 1 aromatic heterocycles. The first-order chi connectivity index (χ1) is 13.6. The molecule has 1 aromatic carbocycles. The van der Waals surface area contributed by atoms with Gasteiger partial charge in [-0.3, -0.25) is 9.78 Å². The Morgan fingerprint density at radius 1 is 1.24 bits per heavy atom. The maximum Gasteiger partial charge on any atom is 0.418 e. The number of nitrogens with zero attached hydrogens (tertiary/aromatic N) is 1. The van der Waals surface area contributed by atoms with Gasteiger partial charge in [0, 0.05) is 24.1 Å². The van der Waals surface area contributed by atoms with Crippen LogP contribution in [0.1, 0.15) is 34.1 Å². The maximum absolute atomic E-state index is 13.2. The number of ether oxygens (including phenoxy) is 1. The normalized spacial score (nSPS) is 16.6. The molecular weight excluding hydrogens is 411 g/mol. The lowest BCUT2D eigenvalue weighted by atomic mass is 9.96. The van der Waals surface area contributed by atoms with E-state index in [9.17, 15) is 26.4 Å². The number of benzene rings is 1. The molecule has 1 aliphatic carbocycles. The lowest BCUT2D eigenvalue weighted by Gasteiger charge is -2.13. The molecule has 10 heteroatoms. The van der Waals surface area contributed by atoms with Crippen molar-refractivity contribution in [3.05, 3.63) is 52.8 Å². The summed E-state index contributed by atoms with van der Waals surface area (Å²) in [5.41, 5.74) is -0.313. The second-order valence-corrected chi connectivity index (χ2v) is 8.41. The fourth-order valence-electron chi connectivity index (χ4n) is 3.26. The molecule has 0 saturated carbocycles. The van der Waals surface area contributed by atoms with Crippen molar-refractivity contribution in [2.45, 2.75) is 25.9 Å². The molecular formula is C19H18F3NO5S. The van der Waals surface area contributed by atoms with Crippen LogP contribution in [0.15, 0.2) is 30.5 Å². The molecule has 2 aromatic rings. The predicted molar refractivity (Wildman–Crippen MR) is 97.6 cm³/mol. The topological polar surface area (TPSA) is 82.6 Å². The number of hydrogen-bond acceptors (Lipinski definition) is 6. The van der Waals surface area contributed by atoms with Crippen LogP contribution in [0.25, 0.3) is 0 Å². The van der Waals surface area contributed by atoms with Gasteiger partial charge in [-0.2, -0.15) is 21.6 Å². The van der Waals surface area contributed by atoms with Crippen molar-refractivity contribution in [3.63, 3.8) is 0 Å². The van der Waals surface area contributed by atoms with Crippen LogP contribution in [-0.2, 0) is 29.1 Å². The summed E-state index contributed by atoms with van der Waals surface area (Å²) < 4.78 is 73.3. The molecule has 1 atom stereocenters. The summed E-state index contributed by atoms with van der Waals surface area (Å²) in [6.07, 6.45) is -3.31. The number of alkyl halides is 3. The van der Waals surface area contributed by atoms with Gasteiger partial charge in [-0.05, 0) is 43.2 Å². The van der Waals surface area contributed by atoms with Gasteiger partial charge in [-0.15, -0.1) is 0 Å². The van der Waals surface area contributed by atoms with Crippen molar-refractivity contribution in [1.29, 1.82) is 0 Å². The minimum Gasteiger partial charge on any atom is -0.493 e. The Labute approximate surface area is 165 Å². The Morgan fingerprint density at radius 2 is 1.97 bits per heavy atom. The van der Waals surface area contributed by atoms with E-state index in [0.29, 0.717) is 5.56 Å². The van der Waals surface area contributed by atoms with Crippen molar-refractivity contribution >= 4 is 15.9 Å². The molecule has 0 N–H and O–H groups in total. The zero-order valence-electron chi connectivity index (χ0n) is 15.6. The van der Waals surface area contributed by atoms with Crippen molar-refractivity contribution in [3.8, 4) is 11.5 Å². The predicted octanol–water partition coefficient (Wildman–Crippen LogP) is 3.44. The quantitative estimate of drug-likeness (QED) is 0.655. The first-order valence-corrected chi connectivity index (χ1v) is 10.3. The first-order valence-electron chi connectivity index (χ1n) is 8.74. The average molecular weight is 429 g/mol. The number of Topliss-reactive ketones (excluding diaryl/α,β-unsaturated/α-hetero) is 1. The highest BCUT2D eigenvalue weighted by Gasteiger charge is 2.38. The van der Waals surface area contributed by atoms with Gasteiger partial charge in [0.25, 0.3) is 0 Å². The molecule has 1 aliphatic rings. The van der Waals surface area contributed by atoms with Gasteiger partial charge in [0.1, 0.15) is 0 Å². The average Bonchev–Trinajstić information content (AvgIpc) is 2.95. The Balaban J connectivity index is 1.92. The summed E-state index contributed by atoms with van der Waals surface area (Å²) in [4.78, 5) is 16.6. The van der Waals surface area contributed by atoms with Crippen LogP contribution in [0, 0.1) is 5.92 Å². The number of methoxy groups -OCH3 is 1. The zero-order chi connectivity index (χ0) is 21.4. The van der Waals surface area contributed by atoms with E-state index in [-0.39, 0.29) is 47.1 Å². The standard InChI is InChI=1S/C19H18F3NO5S/c1-3-29(25,26)28-17-10-13-11(9-16(17)27-2)7-12(18(13)24)8-15-14(19(20,21)22)5-4-6-23-15/h4-6,9-10,12H,3,7-8H2,1-2H3. The summed E-state index contributed by atoms with van der Waals surface area (Å²) in [7, 11) is -2.53. The van der Waals surface area contributed by atoms with Gasteiger partial charge in [-0.25, -0.2) is 0 Å². The van der Waals surface area contributed by atoms with Crippen LogP contribution >= 0.6 is 0 Å². The number of halogens is 3. The van der Waals surface area contributed by atoms with E-state index < -0.39 is 27.8 Å². The molecule has 0 spiro atoms. The summed E-state index contributed by atoms with van der Waals surface area (Å²) in [6, 6.07) is 4.88. The monoisotopic (exact) mass is 429 g/mol. The Morgan fingerprint density at radius 3 is 2.59 bits per heavy atom. The van der Waals surface area contributed by atoms with Crippen LogP contribution in [0.5, 0.6) is 11.5 Å². The maximum atomic E-state index is 13.2. The van der Waals surface area contributed by atoms with E-state index in [1.807, 2.05) is 0 Å². The van der Waals surface area contributed by atoms with Crippen LogP contribution in [0.4, 0.5) is 13.2 Å². The highest BCUT2D eigenvalue weighted by Crippen LogP contribution is 2.39. The summed E-state index contributed by atoms with van der Waals surface area (Å²) in [6.45, 7) is 1.40. The third-order valence-electron chi connectivity index (χ3n) is 4.70. The lowest BCUT2D eigenvalue weighted by molar-refractivity contribution is -0.138. The van der Waals surface area contributed by atoms with E-state index in [1.54, 1.807) is 0 Å². The highest BCUT2D eigenvalue weighted by atomic mass is 32.2. The summed E-state index contributed by atoms with van der Waals surface area (Å²) in [5, 5.41) is 0. The molecule has 0 bridgehead atoms. The smallest absolute Gasteiger partial charge is 0.418 e. The molecule has 29 heavy (non-hydrogen) atoms. The third-order valence-corrected chi connectivity index (χ3v) is 5.84. The summed E-state index contributed by atoms with van der Waals surface area (Å²) >= 11 is 0. The number of pyridine rings is 1. The minimum absolute atomic E-state index is 0.128. The van der Waals surface area contributed by atoms with Gasteiger partial charge >= 0.3 is 16.3 Å². The fraction of sp³-hybridized carbons (Fsp3) is 0.368. The SMILES string of the molecule is CCS(=O)(=O)Oc1cc2c(cc1OC)CC(Cc1ncccc1C(F)(F)F)C2=O. The fourth-order valence-corrected chi connectivity index (χ4v) is 3.78. The van der Waals surface area contributed by atoms with Gasteiger partial charge in [-0.1, -0.05) is 0 Å². The van der Waals surface area contributed by atoms with Gasteiger partial charge < -0.3 is 8.92 Å².